The Bertz CT molecular complexity index is 2150. The third-order valence-electron chi connectivity index (χ3n) is 8.60. The molecule has 2 aromatic carbocycles. The van der Waals surface area contributed by atoms with Gasteiger partial charge >= 0.3 is 0 Å². The van der Waals surface area contributed by atoms with E-state index in [1.54, 1.807) is 36.4 Å². The highest BCUT2D eigenvalue weighted by molar-refractivity contribution is 7.92. The van der Waals surface area contributed by atoms with E-state index >= 15 is 0 Å². The molecule has 49 heavy (non-hydrogen) atoms. The highest BCUT2D eigenvalue weighted by atomic mass is 32.2. The fourth-order valence-corrected chi connectivity index (χ4v) is 7.50. The van der Waals surface area contributed by atoms with Crippen LogP contribution in [0.25, 0.3) is 22.4 Å². The quantitative estimate of drug-likeness (QED) is 0.250. The van der Waals surface area contributed by atoms with Crippen LogP contribution in [0.15, 0.2) is 59.6 Å². The Balaban J connectivity index is 1.40. The van der Waals surface area contributed by atoms with Crippen LogP contribution in [0.4, 0.5) is 5.95 Å². The number of hydrogen-bond donors (Lipinski definition) is 1. The highest BCUT2D eigenvalue weighted by Crippen LogP contribution is 2.33. The van der Waals surface area contributed by atoms with E-state index < -0.39 is 10.0 Å². The maximum absolute atomic E-state index is 14.0. The van der Waals surface area contributed by atoms with Crippen LogP contribution in [0.2, 0.25) is 0 Å². The lowest BCUT2D eigenvalue weighted by Gasteiger charge is -2.23. The summed E-state index contributed by atoms with van der Waals surface area (Å²) in [6, 6.07) is 13.5. The second-order valence-corrected chi connectivity index (χ2v) is 15.0. The zero-order valence-electron chi connectivity index (χ0n) is 28.9. The smallest absolute Gasteiger partial charge is 0.264 e. The lowest BCUT2D eigenvalue weighted by Crippen LogP contribution is -2.34. The Morgan fingerprint density at radius 2 is 1.76 bits per heavy atom. The number of ether oxygens (including phenoxy) is 2. The van der Waals surface area contributed by atoms with Crippen LogP contribution in [0.3, 0.4) is 0 Å². The predicted octanol–water partition coefficient (Wildman–Crippen LogP) is 5.36. The summed E-state index contributed by atoms with van der Waals surface area (Å²) in [6.07, 6.45) is 2.39. The summed E-state index contributed by atoms with van der Waals surface area (Å²) in [4.78, 5) is 34.3. The molecular weight excluding hydrogens is 643 g/mol. The topological polar surface area (TPSA) is 141 Å². The van der Waals surface area contributed by atoms with Crippen molar-refractivity contribution < 1.29 is 22.7 Å². The van der Waals surface area contributed by atoms with Crippen molar-refractivity contribution >= 4 is 33.0 Å². The molecule has 6 rings (SSSR count). The van der Waals surface area contributed by atoms with Gasteiger partial charge in [0.15, 0.2) is 5.65 Å². The Labute approximate surface area is 286 Å². The van der Waals surface area contributed by atoms with Gasteiger partial charge in [-0.25, -0.2) is 23.1 Å². The third kappa shape index (κ3) is 6.86. The molecule has 0 fully saturated rings. The van der Waals surface area contributed by atoms with Gasteiger partial charge in [-0.2, -0.15) is 4.98 Å². The Morgan fingerprint density at radius 3 is 2.47 bits per heavy atom. The second kappa shape index (κ2) is 13.2. The zero-order valence-corrected chi connectivity index (χ0v) is 29.7. The van der Waals surface area contributed by atoms with E-state index in [1.807, 2.05) is 39.1 Å². The van der Waals surface area contributed by atoms with E-state index in [2.05, 4.69) is 40.0 Å². The molecule has 1 aliphatic heterocycles. The first-order chi connectivity index (χ1) is 23.3. The third-order valence-corrected chi connectivity index (χ3v) is 9.93. The van der Waals surface area contributed by atoms with Gasteiger partial charge in [-0.3, -0.25) is 9.78 Å². The van der Waals surface area contributed by atoms with Gasteiger partial charge < -0.3 is 18.9 Å². The van der Waals surface area contributed by atoms with Crippen molar-refractivity contribution in [3.05, 3.63) is 88.4 Å². The van der Waals surface area contributed by atoms with E-state index in [0.717, 1.165) is 39.1 Å². The van der Waals surface area contributed by atoms with Crippen LogP contribution in [0.1, 0.15) is 59.2 Å². The standard InChI is InChI=1S/C36H41N7O5S/c1-22-10-8-11-23(2)30(22)28-19-29-40-35(39-28)41-49(45,46)26-13-9-12-24(18-26)34(44)43(15-17-48-29)21-25-20-37-31-27(14-16-47-7)32(36(3,4)5)42(6)33(31)38-25/h8-13,18-20H,14-17,21H2,1-7H3,(H,39,40,41). The lowest BCUT2D eigenvalue weighted by atomic mass is 9.88. The predicted molar refractivity (Wildman–Crippen MR) is 187 cm³/mol. The first-order valence-corrected chi connectivity index (χ1v) is 17.6. The van der Waals surface area contributed by atoms with Gasteiger partial charge in [0.05, 0.1) is 42.2 Å². The summed E-state index contributed by atoms with van der Waals surface area (Å²) in [6.45, 7) is 11.3. The number of nitrogens with one attached hydrogen (secondary N) is 1. The van der Waals surface area contributed by atoms with Gasteiger partial charge in [-0.1, -0.05) is 45.0 Å². The minimum Gasteiger partial charge on any atom is -0.476 e. The van der Waals surface area contributed by atoms with Crippen molar-refractivity contribution in [2.75, 3.05) is 31.6 Å². The maximum Gasteiger partial charge on any atom is 0.264 e. The molecule has 12 nitrogen and oxygen atoms in total. The molecule has 0 saturated heterocycles. The van der Waals surface area contributed by atoms with Crippen LogP contribution in [0, 0.1) is 13.8 Å². The first kappa shape index (κ1) is 34.0. The lowest BCUT2D eigenvalue weighted by molar-refractivity contribution is 0.0712. The fourth-order valence-electron chi connectivity index (χ4n) is 6.51. The molecule has 256 valence electrons. The second-order valence-electron chi connectivity index (χ2n) is 13.3. The van der Waals surface area contributed by atoms with Gasteiger partial charge in [-0.15, -0.1) is 0 Å². The summed E-state index contributed by atoms with van der Waals surface area (Å²) in [5.74, 6) is -0.334. The normalized spacial score (nSPS) is 14.8. The van der Waals surface area contributed by atoms with Gasteiger partial charge in [0.1, 0.15) is 12.1 Å². The molecule has 1 amide bonds. The number of aromatic nitrogens is 5. The number of anilines is 1. The zero-order chi connectivity index (χ0) is 35.1. The van der Waals surface area contributed by atoms with Crippen LogP contribution >= 0.6 is 0 Å². The number of fused-ring (bicyclic) bond motifs is 5. The van der Waals surface area contributed by atoms with Crippen LogP contribution in [-0.2, 0) is 40.2 Å². The molecule has 13 heteroatoms. The van der Waals surface area contributed by atoms with Crippen molar-refractivity contribution in [3.63, 3.8) is 0 Å². The van der Waals surface area contributed by atoms with Crippen molar-refractivity contribution in [1.82, 2.24) is 29.4 Å². The fraction of sp³-hybridized carbons (Fsp3) is 0.361. The van der Waals surface area contributed by atoms with Crippen molar-refractivity contribution in [2.24, 2.45) is 7.05 Å². The Hall–Kier alpha value is -4.88. The summed E-state index contributed by atoms with van der Waals surface area (Å²) < 4.78 is 43.2. The number of hydrogen-bond acceptors (Lipinski definition) is 9. The number of sulfonamides is 1. The molecule has 4 bridgehead atoms. The number of amides is 1. The van der Waals surface area contributed by atoms with Crippen molar-refractivity contribution in [2.45, 2.75) is 57.9 Å². The van der Waals surface area contributed by atoms with Gasteiger partial charge in [-0.05, 0) is 49.6 Å². The number of benzene rings is 2. The van der Waals surface area contributed by atoms with Gasteiger partial charge in [0.2, 0.25) is 11.8 Å². The Kier molecular flexibility index (Phi) is 9.16. The number of carbonyl (C=O) groups excluding carboxylic acids is 1. The maximum atomic E-state index is 14.0. The SMILES string of the molecule is COCCc1c(C(C)(C)C)n(C)c2nc(CN3CCOc4cc(-c5c(C)cccc5C)nc(n4)NS(=O)(=O)c4cccc(c4)C3=O)cnc12. The Morgan fingerprint density at radius 1 is 1.02 bits per heavy atom. The molecule has 0 unspecified atom stereocenters. The van der Waals surface area contributed by atoms with Crippen LogP contribution in [-0.4, -0.2) is 70.6 Å². The van der Waals surface area contributed by atoms with E-state index in [-0.39, 0.29) is 53.3 Å². The molecule has 3 aromatic heterocycles. The largest absolute Gasteiger partial charge is 0.476 e. The summed E-state index contributed by atoms with van der Waals surface area (Å²) in [7, 11) is -0.497. The van der Waals surface area contributed by atoms with Gasteiger partial charge in [0.25, 0.3) is 15.9 Å². The molecule has 5 aromatic rings. The summed E-state index contributed by atoms with van der Waals surface area (Å²) in [5.41, 5.74) is 7.67. The average Bonchev–Trinajstić information content (AvgIpc) is 3.33. The van der Waals surface area contributed by atoms with Gasteiger partial charge in [0, 0.05) is 48.0 Å². The molecule has 0 atom stereocenters. The number of nitrogens with zero attached hydrogens (tertiary/aromatic N) is 6. The number of methoxy groups -OCH3 is 1. The molecule has 1 aliphatic rings. The van der Waals surface area contributed by atoms with Crippen LogP contribution in [0.5, 0.6) is 5.88 Å². The minimum absolute atomic E-state index is 0.0794. The van der Waals surface area contributed by atoms with E-state index in [9.17, 15) is 13.2 Å². The van der Waals surface area contributed by atoms with E-state index in [0.29, 0.717) is 24.4 Å². The molecule has 1 N–H and O–H groups in total. The minimum atomic E-state index is -4.16. The average molecular weight is 684 g/mol. The molecule has 0 saturated carbocycles. The summed E-state index contributed by atoms with van der Waals surface area (Å²) in [5, 5.41) is 0. The number of carbonyl (C=O) groups is 1. The summed E-state index contributed by atoms with van der Waals surface area (Å²) >= 11 is 0. The van der Waals surface area contributed by atoms with Crippen molar-refractivity contribution in [1.29, 1.82) is 0 Å². The van der Waals surface area contributed by atoms with Crippen LogP contribution < -0.4 is 9.46 Å². The van der Waals surface area contributed by atoms with Crippen molar-refractivity contribution in [3.8, 4) is 17.1 Å². The number of rotatable bonds is 6. The number of aryl methyl sites for hydroxylation is 3. The molecule has 0 spiro atoms. The molecule has 4 heterocycles. The molecule has 0 radical (unpaired) electrons. The van der Waals surface area contributed by atoms with E-state index in [1.165, 1.54) is 12.1 Å². The van der Waals surface area contributed by atoms with E-state index in [4.69, 9.17) is 19.4 Å². The monoisotopic (exact) mass is 683 g/mol. The molecule has 0 aliphatic carbocycles. The highest BCUT2D eigenvalue weighted by Gasteiger charge is 2.28. The first-order valence-electron chi connectivity index (χ1n) is 16.1. The molecular formula is C36H41N7O5S.